The first kappa shape index (κ1) is 17.2. The van der Waals surface area contributed by atoms with Crippen molar-refractivity contribution in [2.75, 3.05) is 7.11 Å². The number of carbonyl (C=O) groups is 1. The van der Waals surface area contributed by atoms with Gasteiger partial charge in [-0.15, -0.1) is 11.3 Å². The lowest BCUT2D eigenvalue weighted by Crippen LogP contribution is -2.24. The number of nitrogens with zero attached hydrogens (tertiary/aromatic N) is 1. The predicted octanol–water partition coefficient (Wildman–Crippen LogP) is 3.99. The monoisotopic (exact) mass is 352 g/mol. The summed E-state index contributed by atoms with van der Waals surface area (Å²) in [5.74, 6) is 0.811. The van der Waals surface area contributed by atoms with Gasteiger partial charge >= 0.3 is 0 Å². The maximum atomic E-state index is 12.2. The standard InChI is InChI=1S/C20H20N2O2S/c1-14-18(25-20(22-14)16-6-4-3-5-7-16)12-19(23)21-13-15-8-10-17(24-2)11-9-15/h3-11H,12-13H2,1-2H3,(H,21,23). The third-order valence-electron chi connectivity index (χ3n) is 3.88. The summed E-state index contributed by atoms with van der Waals surface area (Å²) in [5.41, 5.74) is 3.05. The van der Waals surface area contributed by atoms with Gasteiger partial charge in [0.2, 0.25) is 5.91 Å². The highest BCUT2D eigenvalue weighted by atomic mass is 32.1. The number of amides is 1. The number of carbonyl (C=O) groups excluding carboxylic acids is 1. The van der Waals surface area contributed by atoms with Crippen LogP contribution < -0.4 is 10.1 Å². The number of aryl methyl sites for hydroxylation is 1. The number of nitrogens with one attached hydrogen (secondary N) is 1. The van der Waals surface area contributed by atoms with Crippen LogP contribution in [0.25, 0.3) is 10.6 Å². The second kappa shape index (κ2) is 7.94. The Morgan fingerprint density at radius 3 is 2.52 bits per heavy atom. The van der Waals surface area contributed by atoms with Crippen molar-refractivity contribution >= 4 is 17.2 Å². The van der Waals surface area contributed by atoms with E-state index in [1.54, 1.807) is 18.4 Å². The van der Waals surface area contributed by atoms with Crippen molar-refractivity contribution in [2.45, 2.75) is 19.9 Å². The summed E-state index contributed by atoms with van der Waals surface area (Å²) in [5, 5.41) is 3.91. The molecule has 25 heavy (non-hydrogen) atoms. The summed E-state index contributed by atoms with van der Waals surface area (Å²) in [6, 6.07) is 17.7. The Balaban J connectivity index is 1.60. The average molecular weight is 352 g/mol. The molecule has 0 aliphatic rings. The van der Waals surface area contributed by atoms with Gasteiger partial charge in [-0.2, -0.15) is 0 Å². The molecule has 5 heteroatoms. The lowest BCUT2D eigenvalue weighted by molar-refractivity contribution is -0.120. The van der Waals surface area contributed by atoms with Crippen molar-refractivity contribution in [3.63, 3.8) is 0 Å². The smallest absolute Gasteiger partial charge is 0.225 e. The number of thiazole rings is 1. The molecule has 0 saturated carbocycles. The average Bonchev–Trinajstić information content (AvgIpc) is 3.01. The van der Waals surface area contributed by atoms with E-state index in [9.17, 15) is 4.79 Å². The van der Waals surface area contributed by atoms with Gasteiger partial charge in [-0.1, -0.05) is 42.5 Å². The Labute approximate surface area is 151 Å². The molecule has 0 fully saturated rings. The zero-order chi connectivity index (χ0) is 17.6. The zero-order valence-corrected chi connectivity index (χ0v) is 15.1. The van der Waals surface area contributed by atoms with Crippen molar-refractivity contribution < 1.29 is 9.53 Å². The number of hydrogen-bond donors (Lipinski definition) is 1. The van der Waals surface area contributed by atoms with Crippen molar-refractivity contribution in [1.82, 2.24) is 10.3 Å². The Morgan fingerprint density at radius 1 is 1.12 bits per heavy atom. The molecule has 0 saturated heterocycles. The van der Waals surface area contributed by atoms with Gasteiger partial charge in [0.15, 0.2) is 0 Å². The van der Waals surface area contributed by atoms with Crippen LogP contribution in [-0.2, 0) is 17.8 Å². The Hall–Kier alpha value is -2.66. The largest absolute Gasteiger partial charge is 0.497 e. The van der Waals surface area contributed by atoms with Crippen LogP contribution in [0.3, 0.4) is 0 Å². The first-order valence-electron chi connectivity index (χ1n) is 8.07. The topological polar surface area (TPSA) is 51.2 Å². The molecular weight excluding hydrogens is 332 g/mol. The molecule has 0 unspecified atom stereocenters. The molecule has 0 radical (unpaired) electrons. The maximum Gasteiger partial charge on any atom is 0.225 e. The van der Waals surface area contributed by atoms with Gasteiger partial charge in [-0.3, -0.25) is 4.79 Å². The highest BCUT2D eigenvalue weighted by Crippen LogP contribution is 2.28. The van der Waals surface area contributed by atoms with Gasteiger partial charge in [0.1, 0.15) is 10.8 Å². The Kier molecular flexibility index (Phi) is 5.46. The highest BCUT2D eigenvalue weighted by molar-refractivity contribution is 7.15. The number of methoxy groups -OCH3 is 1. The molecule has 2 aromatic carbocycles. The molecule has 0 aliphatic heterocycles. The van der Waals surface area contributed by atoms with Gasteiger partial charge in [-0.05, 0) is 24.6 Å². The van der Waals surface area contributed by atoms with Crippen molar-refractivity contribution in [3.05, 3.63) is 70.7 Å². The molecule has 3 rings (SSSR count). The molecular formula is C20H20N2O2S. The molecule has 0 bridgehead atoms. The van der Waals surface area contributed by atoms with Crippen LogP contribution in [-0.4, -0.2) is 18.0 Å². The minimum absolute atomic E-state index is 0.00202. The van der Waals surface area contributed by atoms with E-state index in [1.807, 2.05) is 61.5 Å². The second-order valence-corrected chi connectivity index (χ2v) is 6.78. The quantitative estimate of drug-likeness (QED) is 0.730. The van der Waals surface area contributed by atoms with E-state index in [-0.39, 0.29) is 5.91 Å². The summed E-state index contributed by atoms with van der Waals surface area (Å²) >= 11 is 1.58. The number of aromatic nitrogens is 1. The van der Waals surface area contributed by atoms with Crippen LogP contribution in [0.1, 0.15) is 16.1 Å². The number of benzene rings is 2. The summed E-state index contributed by atoms with van der Waals surface area (Å²) in [6.07, 6.45) is 0.354. The molecule has 1 aromatic heterocycles. The fourth-order valence-electron chi connectivity index (χ4n) is 2.45. The van der Waals surface area contributed by atoms with Gasteiger partial charge in [-0.25, -0.2) is 4.98 Å². The van der Waals surface area contributed by atoms with Crippen LogP contribution in [0.15, 0.2) is 54.6 Å². The lowest BCUT2D eigenvalue weighted by atomic mass is 10.2. The Bertz CT molecular complexity index is 842. The van der Waals surface area contributed by atoms with Gasteiger partial charge in [0.05, 0.1) is 19.2 Å². The molecule has 128 valence electrons. The summed E-state index contributed by atoms with van der Waals surface area (Å²) in [6.45, 7) is 2.46. The third-order valence-corrected chi connectivity index (χ3v) is 5.09. The van der Waals surface area contributed by atoms with Crippen molar-refractivity contribution in [1.29, 1.82) is 0 Å². The van der Waals surface area contributed by atoms with Crippen molar-refractivity contribution in [2.24, 2.45) is 0 Å². The third kappa shape index (κ3) is 4.45. The molecule has 4 nitrogen and oxygen atoms in total. The van der Waals surface area contributed by atoms with E-state index in [2.05, 4.69) is 10.3 Å². The molecule has 3 aromatic rings. The van der Waals surface area contributed by atoms with Crippen LogP contribution >= 0.6 is 11.3 Å². The van der Waals surface area contributed by atoms with Crippen LogP contribution in [0, 0.1) is 6.92 Å². The van der Waals surface area contributed by atoms with E-state index in [1.165, 1.54) is 0 Å². The van der Waals surface area contributed by atoms with E-state index < -0.39 is 0 Å². The first-order valence-corrected chi connectivity index (χ1v) is 8.88. The molecule has 0 atom stereocenters. The summed E-state index contributed by atoms with van der Waals surface area (Å²) in [4.78, 5) is 17.9. The predicted molar refractivity (Wildman–Crippen MR) is 101 cm³/mol. The van der Waals surface area contributed by atoms with Crippen molar-refractivity contribution in [3.8, 4) is 16.3 Å². The second-order valence-electron chi connectivity index (χ2n) is 5.70. The maximum absolute atomic E-state index is 12.2. The minimum Gasteiger partial charge on any atom is -0.497 e. The molecule has 0 aliphatic carbocycles. The Morgan fingerprint density at radius 2 is 1.84 bits per heavy atom. The van der Waals surface area contributed by atoms with Crippen LogP contribution in [0.4, 0.5) is 0 Å². The van der Waals surface area contributed by atoms with Gasteiger partial charge in [0, 0.05) is 17.0 Å². The number of hydrogen-bond acceptors (Lipinski definition) is 4. The first-order chi connectivity index (χ1) is 12.2. The SMILES string of the molecule is COc1ccc(CNC(=O)Cc2sc(-c3ccccc3)nc2C)cc1. The molecule has 0 spiro atoms. The van der Waals surface area contributed by atoms with E-state index in [4.69, 9.17) is 4.74 Å². The van der Waals surface area contributed by atoms with Crippen LogP contribution in [0.2, 0.25) is 0 Å². The fraction of sp³-hybridized carbons (Fsp3) is 0.200. The molecule has 1 N–H and O–H groups in total. The summed E-state index contributed by atoms with van der Waals surface area (Å²) < 4.78 is 5.13. The molecule has 1 amide bonds. The number of ether oxygens (including phenoxy) is 1. The van der Waals surface area contributed by atoms with E-state index in [0.717, 1.165) is 32.5 Å². The van der Waals surface area contributed by atoms with E-state index in [0.29, 0.717) is 13.0 Å². The molecule has 1 heterocycles. The lowest BCUT2D eigenvalue weighted by Gasteiger charge is -2.06. The normalized spacial score (nSPS) is 10.5. The summed E-state index contributed by atoms with van der Waals surface area (Å²) in [7, 11) is 1.64. The van der Waals surface area contributed by atoms with E-state index >= 15 is 0 Å². The van der Waals surface area contributed by atoms with Crippen LogP contribution in [0.5, 0.6) is 5.75 Å². The van der Waals surface area contributed by atoms with Gasteiger partial charge in [0.25, 0.3) is 0 Å². The highest BCUT2D eigenvalue weighted by Gasteiger charge is 2.12. The number of rotatable bonds is 6. The minimum atomic E-state index is 0.00202. The zero-order valence-electron chi connectivity index (χ0n) is 14.3. The fourth-order valence-corrected chi connectivity index (χ4v) is 3.52. The van der Waals surface area contributed by atoms with Gasteiger partial charge < -0.3 is 10.1 Å².